The molecular weight excluding hydrogens is 152 g/mol. The molecule has 0 aliphatic heterocycles. The SMILES string of the molecule is CN/N=C/c1ccccc1C=O. The second-order valence-electron chi connectivity index (χ2n) is 2.23. The maximum atomic E-state index is 10.5. The number of benzene rings is 1. The molecule has 62 valence electrons. The van der Waals surface area contributed by atoms with E-state index in [1.54, 1.807) is 19.3 Å². The molecule has 0 amide bonds. The molecular formula is C9H10N2O. The van der Waals surface area contributed by atoms with Crippen LogP contribution in [0.5, 0.6) is 0 Å². The molecule has 12 heavy (non-hydrogen) atoms. The molecule has 0 aliphatic rings. The van der Waals surface area contributed by atoms with Crippen molar-refractivity contribution in [2.45, 2.75) is 0 Å². The molecule has 1 rings (SSSR count). The van der Waals surface area contributed by atoms with Crippen molar-refractivity contribution >= 4 is 12.5 Å². The molecule has 0 unspecified atom stereocenters. The summed E-state index contributed by atoms with van der Waals surface area (Å²) in [6, 6.07) is 7.28. The molecule has 0 saturated heterocycles. The Bertz CT molecular complexity index is 294. The van der Waals surface area contributed by atoms with Gasteiger partial charge in [0.1, 0.15) is 0 Å². The molecule has 0 spiro atoms. The van der Waals surface area contributed by atoms with Crippen LogP contribution in [0.15, 0.2) is 29.4 Å². The van der Waals surface area contributed by atoms with Gasteiger partial charge < -0.3 is 5.43 Å². The van der Waals surface area contributed by atoms with Gasteiger partial charge in [-0.1, -0.05) is 24.3 Å². The average Bonchev–Trinajstić information content (AvgIpc) is 2.15. The number of rotatable bonds is 3. The van der Waals surface area contributed by atoms with Gasteiger partial charge in [0.2, 0.25) is 0 Å². The molecule has 1 aromatic rings. The van der Waals surface area contributed by atoms with E-state index < -0.39 is 0 Å². The fourth-order valence-electron chi connectivity index (χ4n) is 0.870. The van der Waals surface area contributed by atoms with Crippen molar-refractivity contribution in [1.29, 1.82) is 0 Å². The van der Waals surface area contributed by atoms with Crippen LogP contribution in [0, 0.1) is 0 Å². The lowest BCUT2D eigenvalue weighted by atomic mass is 10.1. The molecule has 0 radical (unpaired) electrons. The summed E-state index contributed by atoms with van der Waals surface area (Å²) in [4.78, 5) is 10.5. The molecule has 1 aromatic carbocycles. The normalized spacial score (nSPS) is 10.1. The van der Waals surface area contributed by atoms with E-state index in [4.69, 9.17) is 0 Å². The zero-order valence-corrected chi connectivity index (χ0v) is 6.82. The Kier molecular flexibility index (Phi) is 3.02. The van der Waals surface area contributed by atoms with E-state index in [1.165, 1.54) is 0 Å². The van der Waals surface area contributed by atoms with Gasteiger partial charge in [0.05, 0.1) is 6.21 Å². The van der Waals surface area contributed by atoms with Crippen molar-refractivity contribution < 1.29 is 4.79 Å². The fraction of sp³-hybridized carbons (Fsp3) is 0.111. The number of nitrogens with one attached hydrogen (secondary N) is 1. The number of nitrogens with zero attached hydrogens (tertiary/aromatic N) is 1. The molecule has 3 heteroatoms. The first-order valence-corrected chi connectivity index (χ1v) is 3.62. The van der Waals surface area contributed by atoms with Gasteiger partial charge in [0.25, 0.3) is 0 Å². The summed E-state index contributed by atoms with van der Waals surface area (Å²) in [5, 5.41) is 3.82. The highest BCUT2D eigenvalue weighted by atomic mass is 16.1. The second kappa shape index (κ2) is 4.28. The second-order valence-corrected chi connectivity index (χ2v) is 2.23. The quantitative estimate of drug-likeness (QED) is 0.410. The highest BCUT2D eigenvalue weighted by Crippen LogP contribution is 2.02. The van der Waals surface area contributed by atoms with Gasteiger partial charge in [-0.05, 0) is 0 Å². The number of carbonyl (C=O) groups excluding carboxylic acids is 1. The molecule has 0 saturated carbocycles. The minimum Gasteiger partial charge on any atom is -0.313 e. The summed E-state index contributed by atoms with van der Waals surface area (Å²) in [6.07, 6.45) is 2.43. The smallest absolute Gasteiger partial charge is 0.150 e. The number of hydrogen-bond acceptors (Lipinski definition) is 3. The van der Waals surface area contributed by atoms with Crippen LogP contribution in [0.25, 0.3) is 0 Å². The molecule has 0 aliphatic carbocycles. The Labute approximate surface area is 71.1 Å². The van der Waals surface area contributed by atoms with E-state index in [0.717, 1.165) is 11.8 Å². The van der Waals surface area contributed by atoms with Crippen LogP contribution in [0.3, 0.4) is 0 Å². The zero-order chi connectivity index (χ0) is 8.81. The Morgan fingerprint density at radius 3 is 2.58 bits per heavy atom. The topological polar surface area (TPSA) is 41.5 Å². The Hall–Kier alpha value is -1.64. The Balaban J connectivity index is 2.96. The van der Waals surface area contributed by atoms with Crippen LogP contribution in [0.4, 0.5) is 0 Å². The first-order valence-electron chi connectivity index (χ1n) is 3.62. The minimum atomic E-state index is 0.650. The largest absolute Gasteiger partial charge is 0.313 e. The molecule has 0 atom stereocenters. The van der Waals surface area contributed by atoms with E-state index in [0.29, 0.717) is 5.56 Å². The maximum Gasteiger partial charge on any atom is 0.150 e. The van der Waals surface area contributed by atoms with Crippen molar-refractivity contribution in [1.82, 2.24) is 5.43 Å². The van der Waals surface area contributed by atoms with Crippen LogP contribution < -0.4 is 5.43 Å². The number of hydrogen-bond donors (Lipinski definition) is 1. The van der Waals surface area contributed by atoms with Crippen molar-refractivity contribution in [3.8, 4) is 0 Å². The van der Waals surface area contributed by atoms with Gasteiger partial charge in [0.15, 0.2) is 6.29 Å². The monoisotopic (exact) mass is 162 g/mol. The molecule has 1 N–H and O–H groups in total. The van der Waals surface area contributed by atoms with Crippen molar-refractivity contribution in [2.75, 3.05) is 7.05 Å². The predicted octanol–water partition coefficient (Wildman–Crippen LogP) is 1.05. The fourth-order valence-corrected chi connectivity index (χ4v) is 0.870. The maximum absolute atomic E-state index is 10.5. The third-order valence-electron chi connectivity index (χ3n) is 1.46. The highest BCUT2D eigenvalue weighted by molar-refractivity contribution is 5.92. The van der Waals surface area contributed by atoms with Crippen LogP contribution in [-0.2, 0) is 0 Å². The van der Waals surface area contributed by atoms with E-state index in [1.807, 2.05) is 18.2 Å². The van der Waals surface area contributed by atoms with Crippen molar-refractivity contribution in [2.24, 2.45) is 5.10 Å². The number of hydrazone groups is 1. The zero-order valence-electron chi connectivity index (χ0n) is 6.82. The van der Waals surface area contributed by atoms with Gasteiger partial charge in [-0.15, -0.1) is 0 Å². The lowest BCUT2D eigenvalue weighted by Gasteiger charge is -1.95. The minimum absolute atomic E-state index is 0.650. The third-order valence-corrected chi connectivity index (χ3v) is 1.46. The Morgan fingerprint density at radius 2 is 2.00 bits per heavy atom. The van der Waals surface area contributed by atoms with E-state index in [9.17, 15) is 4.79 Å². The third kappa shape index (κ3) is 1.92. The predicted molar refractivity (Wildman–Crippen MR) is 48.5 cm³/mol. The molecule has 0 heterocycles. The summed E-state index contributed by atoms with van der Waals surface area (Å²) in [6.45, 7) is 0. The summed E-state index contributed by atoms with van der Waals surface area (Å²) in [5.74, 6) is 0. The summed E-state index contributed by atoms with van der Waals surface area (Å²) >= 11 is 0. The van der Waals surface area contributed by atoms with Crippen LogP contribution >= 0.6 is 0 Å². The molecule has 0 fully saturated rings. The van der Waals surface area contributed by atoms with Crippen molar-refractivity contribution in [3.63, 3.8) is 0 Å². The van der Waals surface area contributed by atoms with Gasteiger partial charge in [0, 0.05) is 18.2 Å². The standard InChI is InChI=1S/C9H10N2O/c1-10-11-6-8-4-2-3-5-9(8)7-12/h2-7,10H,1H3/b11-6+. The summed E-state index contributed by atoms with van der Waals surface area (Å²) < 4.78 is 0. The van der Waals surface area contributed by atoms with Crippen molar-refractivity contribution in [3.05, 3.63) is 35.4 Å². The lowest BCUT2D eigenvalue weighted by molar-refractivity contribution is 0.112. The Morgan fingerprint density at radius 1 is 1.33 bits per heavy atom. The first kappa shape index (κ1) is 8.46. The van der Waals surface area contributed by atoms with Gasteiger partial charge >= 0.3 is 0 Å². The first-order chi connectivity index (χ1) is 5.88. The molecule has 3 nitrogen and oxygen atoms in total. The number of carbonyl (C=O) groups is 1. The molecule has 0 aromatic heterocycles. The van der Waals surface area contributed by atoms with E-state index >= 15 is 0 Å². The van der Waals surface area contributed by atoms with Gasteiger partial charge in [-0.25, -0.2) is 0 Å². The van der Waals surface area contributed by atoms with E-state index in [-0.39, 0.29) is 0 Å². The lowest BCUT2D eigenvalue weighted by Crippen LogP contribution is -1.97. The van der Waals surface area contributed by atoms with Crippen LogP contribution in [-0.4, -0.2) is 19.5 Å². The van der Waals surface area contributed by atoms with Crippen LogP contribution in [0.1, 0.15) is 15.9 Å². The van der Waals surface area contributed by atoms with Gasteiger partial charge in [-0.3, -0.25) is 4.79 Å². The summed E-state index contributed by atoms with van der Waals surface area (Å²) in [7, 11) is 1.71. The summed E-state index contributed by atoms with van der Waals surface area (Å²) in [5.41, 5.74) is 4.09. The van der Waals surface area contributed by atoms with Crippen LogP contribution in [0.2, 0.25) is 0 Å². The average molecular weight is 162 g/mol. The number of aldehydes is 1. The van der Waals surface area contributed by atoms with E-state index in [2.05, 4.69) is 10.5 Å². The van der Waals surface area contributed by atoms with Gasteiger partial charge in [-0.2, -0.15) is 5.10 Å². The highest BCUT2D eigenvalue weighted by Gasteiger charge is 1.94. The molecule has 0 bridgehead atoms.